The minimum absolute atomic E-state index is 0.337. The number of nitrogens with zero attached hydrogens (tertiary/aromatic N) is 5. The van der Waals surface area contributed by atoms with Gasteiger partial charge in [0, 0.05) is 17.5 Å². The zero-order valence-corrected chi connectivity index (χ0v) is 15.5. The van der Waals surface area contributed by atoms with E-state index in [9.17, 15) is 4.79 Å². The molecule has 2 aromatic heterocycles. The Hall–Kier alpha value is -2.97. The van der Waals surface area contributed by atoms with Gasteiger partial charge in [-0.1, -0.05) is 46.5 Å². The predicted molar refractivity (Wildman–Crippen MR) is 102 cm³/mol. The third-order valence-corrected chi connectivity index (χ3v) is 4.97. The number of pyridine rings is 1. The molecular formula is C17H13Cl2N7O. The van der Waals surface area contributed by atoms with Crippen LogP contribution >= 0.6 is 23.2 Å². The molecule has 0 saturated heterocycles. The number of carbonyl (C=O) groups is 1. The number of anilines is 2. The first kappa shape index (κ1) is 17.4. The van der Waals surface area contributed by atoms with Crippen molar-refractivity contribution in [1.29, 1.82) is 0 Å². The zero-order chi connectivity index (χ0) is 19.0. The number of hydrogen-bond acceptors (Lipinski definition) is 6. The van der Waals surface area contributed by atoms with E-state index >= 15 is 0 Å². The van der Waals surface area contributed by atoms with Crippen LogP contribution < -0.4 is 10.6 Å². The Morgan fingerprint density at radius 1 is 1.22 bits per heavy atom. The molecule has 0 aliphatic carbocycles. The lowest BCUT2D eigenvalue weighted by atomic mass is 9.95. The van der Waals surface area contributed by atoms with E-state index in [2.05, 4.69) is 31.1 Å². The summed E-state index contributed by atoms with van der Waals surface area (Å²) in [4.78, 5) is 17.2. The molecule has 3 aromatic rings. The van der Waals surface area contributed by atoms with Gasteiger partial charge in [0.05, 0.1) is 15.6 Å². The van der Waals surface area contributed by atoms with Crippen molar-refractivity contribution in [3.63, 3.8) is 0 Å². The molecule has 4 rings (SSSR count). The Morgan fingerprint density at radius 2 is 2.07 bits per heavy atom. The Balaban J connectivity index is 1.82. The summed E-state index contributed by atoms with van der Waals surface area (Å²) in [6, 6.07) is 9.84. The molecule has 0 fully saturated rings. The normalized spacial score (nSPS) is 15.9. The van der Waals surface area contributed by atoms with Gasteiger partial charge in [0.1, 0.15) is 11.9 Å². The van der Waals surface area contributed by atoms with E-state index < -0.39 is 6.04 Å². The van der Waals surface area contributed by atoms with Crippen LogP contribution in [0.4, 0.5) is 11.8 Å². The summed E-state index contributed by atoms with van der Waals surface area (Å²) in [7, 11) is 0. The maximum Gasteiger partial charge on any atom is 0.257 e. The molecule has 0 spiro atoms. The predicted octanol–water partition coefficient (Wildman–Crippen LogP) is 3.30. The fourth-order valence-corrected chi connectivity index (χ4v) is 3.36. The highest BCUT2D eigenvalue weighted by Gasteiger charge is 2.35. The molecule has 10 heteroatoms. The van der Waals surface area contributed by atoms with Crippen molar-refractivity contribution in [3.05, 3.63) is 69.5 Å². The summed E-state index contributed by atoms with van der Waals surface area (Å²) < 4.78 is 1.50. The number of halogens is 2. The first-order valence-electron chi connectivity index (χ1n) is 7.98. The van der Waals surface area contributed by atoms with Crippen LogP contribution in [-0.4, -0.2) is 31.1 Å². The van der Waals surface area contributed by atoms with E-state index in [0.717, 1.165) is 0 Å². The molecule has 1 amide bonds. The number of aromatic nitrogens is 5. The van der Waals surface area contributed by atoms with Gasteiger partial charge >= 0.3 is 0 Å². The van der Waals surface area contributed by atoms with Crippen molar-refractivity contribution >= 4 is 40.9 Å². The Bertz CT molecular complexity index is 1050. The highest BCUT2D eigenvalue weighted by molar-refractivity contribution is 6.42. The van der Waals surface area contributed by atoms with E-state index in [1.165, 1.54) is 4.68 Å². The number of rotatable bonds is 3. The van der Waals surface area contributed by atoms with E-state index in [0.29, 0.717) is 38.6 Å². The van der Waals surface area contributed by atoms with Crippen molar-refractivity contribution in [2.75, 3.05) is 10.6 Å². The van der Waals surface area contributed by atoms with E-state index in [4.69, 9.17) is 23.2 Å². The third-order valence-electron chi connectivity index (χ3n) is 4.14. The van der Waals surface area contributed by atoms with E-state index in [1.54, 1.807) is 49.5 Å². The first-order valence-corrected chi connectivity index (χ1v) is 8.74. The molecule has 27 heavy (non-hydrogen) atoms. The topological polar surface area (TPSA) is 97.6 Å². The minimum Gasteiger partial charge on any atom is -0.326 e. The summed E-state index contributed by atoms with van der Waals surface area (Å²) >= 11 is 12.6. The maximum absolute atomic E-state index is 13.1. The van der Waals surface area contributed by atoms with Crippen LogP contribution in [0.15, 0.2) is 53.9 Å². The van der Waals surface area contributed by atoms with Crippen molar-refractivity contribution in [2.24, 2.45) is 0 Å². The molecule has 1 atom stereocenters. The van der Waals surface area contributed by atoms with Crippen molar-refractivity contribution in [1.82, 2.24) is 25.2 Å². The van der Waals surface area contributed by atoms with Crippen LogP contribution in [0.1, 0.15) is 18.5 Å². The number of fused-ring (bicyclic) bond motifs is 1. The lowest BCUT2D eigenvalue weighted by molar-refractivity contribution is -0.113. The molecule has 2 N–H and O–H groups in total. The highest BCUT2D eigenvalue weighted by atomic mass is 35.5. The lowest BCUT2D eigenvalue weighted by Gasteiger charge is -2.28. The summed E-state index contributed by atoms with van der Waals surface area (Å²) in [6.45, 7) is 1.77. The van der Waals surface area contributed by atoms with Gasteiger partial charge in [-0.2, -0.15) is 4.68 Å². The molecule has 0 unspecified atom stereocenters. The van der Waals surface area contributed by atoms with Gasteiger partial charge in [0.2, 0.25) is 5.95 Å². The second kappa shape index (κ2) is 6.98. The maximum atomic E-state index is 13.1. The largest absolute Gasteiger partial charge is 0.326 e. The lowest BCUT2D eigenvalue weighted by Crippen LogP contribution is -2.31. The molecule has 0 radical (unpaired) electrons. The number of hydrogen-bond donors (Lipinski definition) is 2. The Morgan fingerprint density at radius 3 is 2.85 bits per heavy atom. The summed E-state index contributed by atoms with van der Waals surface area (Å²) in [6.07, 6.45) is 1.60. The van der Waals surface area contributed by atoms with Crippen LogP contribution in [-0.2, 0) is 4.79 Å². The number of tetrazole rings is 1. The third kappa shape index (κ3) is 3.13. The van der Waals surface area contributed by atoms with Gasteiger partial charge < -0.3 is 10.6 Å². The number of benzene rings is 1. The molecule has 8 nitrogen and oxygen atoms in total. The number of nitrogens with one attached hydrogen (secondary N) is 2. The fourth-order valence-electron chi connectivity index (χ4n) is 2.95. The summed E-state index contributed by atoms with van der Waals surface area (Å²) in [5, 5.41) is 18.2. The van der Waals surface area contributed by atoms with E-state index in [-0.39, 0.29) is 5.91 Å². The van der Waals surface area contributed by atoms with Crippen LogP contribution in [0.3, 0.4) is 0 Å². The highest BCUT2D eigenvalue weighted by Crippen LogP contribution is 2.39. The van der Waals surface area contributed by atoms with Crippen LogP contribution in [0.5, 0.6) is 0 Å². The van der Waals surface area contributed by atoms with Gasteiger partial charge in [-0.05, 0) is 35.5 Å². The second-order valence-corrected chi connectivity index (χ2v) is 6.61. The minimum atomic E-state index is -0.647. The summed E-state index contributed by atoms with van der Waals surface area (Å²) in [5.41, 5.74) is 1.63. The average Bonchev–Trinajstić information content (AvgIpc) is 3.12. The number of amides is 1. The Labute approximate surface area is 164 Å². The van der Waals surface area contributed by atoms with Gasteiger partial charge in [-0.25, -0.2) is 4.98 Å². The number of carbonyl (C=O) groups excluding carboxylic acids is 1. The van der Waals surface area contributed by atoms with Crippen LogP contribution in [0, 0.1) is 0 Å². The molecule has 3 heterocycles. The molecular weight excluding hydrogens is 389 g/mol. The number of allylic oxidation sites excluding steroid dienone is 1. The van der Waals surface area contributed by atoms with Gasteiger partial charge in [-0.3, -0.25) is 4.79 Å². The molecule has 1 aliphatic heterocycles. The fraction of sp³-hybridized carbons (Fsp3) is 0.118. The summed E-state index contributed by atoms with van der Waals surface area (Å²) in [5.74, 6) is 0.491. The van der Waals surface area contributed by atoms with Crippen LogP contribution in [0.2, 0.25) is 10.0 Å². The van der Waals surface area contributed by atoms with Gasteiger partial charge in [0.25, 0.3) is 5.91 Å². The smallest absolute Gasteiger partial charge is 0.257 e. The molecule has 1 aliphatic rings. The van der Waals surface area contributed by atoms with Gasteiger partial charge in [0.15, 0.2) is 0 Å². The SMILES string of the molecule is CC1=C(C(=O)Nc2ccccn2)[C@H](c2cccc(Cl)c2Cl)n2nnnc2N1. The van der Waals surface area contributed by atoms with Crippen molar-refractivity contribution < 1.29 is 4.79 Å². The standard InChI is InChI=1S/C17H13Cl2N7O/c1-9-13(16(27)22-12-7-2-3-8-20-12)15(26-17(21-9)23-24-25-26)10-5-4-6-11(18)14(10)19/h2-8,15H,1H3,(H,20,22,27)(H,21,23,25)/t15-/m0/s1. The van der Waals surface area contributed by atoms with E-state index in [1.807, 2.05) is 0 Å². The Kier molecular flexibility index (Phi) is 4.51. The molecule has 136 valence electrons. The molecule has 0 bridgehead atoms. The zero-order valence-electron chi connectivity index (χ0n) is 14.0. The van der Waals surface area contributed by atoms with Crippen molar-refractivity contribution in [2.45, 2.75) is 13.0 Å². The monoisotopic (exact) mass is 401 g/mol. The first-order chi connectivity index (χ1) is 13.1. The molecule has 0 saturated carbocycles. The van der Waals surface area contributed by atoms with Crippen molar-refractivity contribution in [3.8, 4) is 0 Å². The van der Waals surface area contributed by atoms with Crippen LogP contribution in [0.25, 0.3) is 0 Å². The quantitative estimate of drug-likeness (QED) is 0.698. The molecule has 1 aromatic carbocycles. The average molecular weight is 402 g/mol. The second-order valence-electron chi connectivity index (χ2n) is 5.83. The van der Waals surface area contributed by atoms with Gasteiger partial charge in [-0.15, -0.1) is 0 Å².